The van der Waals surface area contributed by atoms with E-state index in [0.29, 0.717) is 0 Å². The first-order valence-electron chi connectivity index (χ1n) is 6.07. The molecule has 5 heteroatoms. The molecule has 2 saturated heterocycles. The van der Waals surface area contributed by atoms with Gasteiger partial charge in [-0.05, 0) is 24.0 Å². The number of primary amides is 1. The summed E-state index contributed by atoms with van der Waals surface area (Å²) in [7, 11) is 0. The Morgan fingerprint density at radius 3 is 2.76 bits per heavy atom. The van der Waals surface area contributed by atoms with Gasteiger partial charge in [-0.25, -0.2) is 0 Å². The van der Waals surface area contributed by atoms with Crippen molar-refractivity contribution < 1.29 is 9.59 Å². The molecule has 2 aliphatic heterocycles. The molecule has 2 heterocycles. The molecule has 17 heavy (non-hydrogen) atoms. The average molecular weight is 256 g/mol. The molecule has 0 bridgehead atoms. The zero-order chi connectivity index (χ0) is 12.8. The molecule has 0 aliphatic carbocycles. The molecular formula is C12H20N2O2S. The monoisotopic (exact) mass is 256 g/mol. The highest BCUT2D eigenvalue weighted by Gasteiger charge is 2.52. The number of nitrogens with two attached hydrogens (primary N) is 1. The van der Waals surface area contributed by atoms with Gasteiger partial charge in [0.1, 0.15) is 6.04 Å². The van der Waals surface area contributed by atoms with Gasteiger partial charge in [-0.2, -0.15) is 0 Å². The fraction of sp³-hybridized carbons (Fsp3) is 0.833. The van der Waals surface area contributed by atoms with Crippen molar-refractivity contribution in [1.82, 2.24) is 4.90 Å². The van der Waals surface area contributed by atoms with Crippen LogP contribution in [0.3, 0.4) is 0 Å². The predicted molar refractivity (Wildman–Crippen MR) is 68.3 cm³/mol. The highest BCUT2D eigenvalue weighted by atomic mass is 32.2. The smallest absolute Gasteiger partial charge is 0.240 e. The van der Waals surface area contributed by atoms with Crippen LogP contribution in [0.1, 0.15) is 33.6 Å². The molecule has 2 N–H and O–H groups in total. The van der Waals surface area contributed by atoms with E-state index in [9.17, 15) is 9.59 Å². The minimum atomic E-state index is -0.451. The Hall–Kier alpha value is -0.710. The number of hydrogen-bond acceptors (Lipinski definition) is 3. The molecule has 2 amide bonds. The predicted octanol–water partition coefficient (Wildman–Crippen LogP) is 1.20. The van der Waals surface area contributed by atoms with Gasteiger partial charge in [0, 0.05) is 5.92 Å². The summed E-state index contributed by atoms with van der Waals surface area (Å²) in [5.41, 5.74) is 5.28. The zero-order valence-corrected chi connectivity index (χ0v) is 11.4. The van der Waals surface area contributed by atoms with Gasteiger partial charge in [0.15, 0.2) is 0 Å². The fourth-order valence-electron chi connectivity index (χ4n) is 2.89. The molecule has 4 nitrogen and oxygen atoms in total. The molecule has 0 aromatic rings. The van der Waals surface area contributed by atoms with Crippen LogP contribution in [-0.4, -0.2) is 33.9 Å². The van der Waals surface area contributed by atoms with E-state index in [-0.39, 0.29) is 28.5 Å². The number of nitrogens with zero attached hydrogens (tertiary/aromatic N) is 1. The second-order valence-corrected chi connectivity index (χ2v) is 7.04. The van der Waals surface area contributed by atoms with E-state index in [2.05, 4.69) is 0 Å². The number of rotatable bonds is 1. The third kappa shape index (κ3) is 2.05. The summed E-state index contributed by atoms with van der Waals surface area (Å²) in [6.45, 7) is 5.99. The van der Waals surface area contributed by atoms with Crippen LogP contribution in [0.15, 0.2) is 0 Å². The molecule has 0 spiro atoms. The van der Waals surface area contributed by atoms with Crippen molar-refractivity contribution in [2.24, 2.45) is 17.1 Å². The third-order valence-electron chi connectivity index (χ3n) is 3.84. The van der Waals surface area contributed by atoms with Gasteiger partial charge < -0.3 is 10.6 Å². The Balaban J connectivity index is 2.37. The van der Waals surface area contributed by atoms with Crippen LogP contribution in [-0.2, 0) is 9.59 Å². The Morgan fingerprint density at radius 1 is 1.53 bits per heavy atom. The molecule has 3 atom stereocenters. The van der Waals surface area contributed by atoms with E-state index < -0.39 is 6.04 Å². The number of carbonyl (C=O) groups excluding carboxylic acids is 2. The Bertz CT molecular complexity index is 356. The van der Waals surface area contributed by atoms with Crippen LogP contribution in [0.5, 0.6) is 0 Å². The SMILES string of the molecule is C[C@H]1CCSC2CC(C)(C)[C@@H](C(N)=O)N2C1=O. The van der Waals surface area contributed by atoms with Gasteiger partial charge >= 0.3 is 0 Å². The van der Waals surface area contributed by atoms with E-state index in [0.717, 1.165) is 18.6 Å². The highest BCUT2D eigenvalue weighted by Crippen LogP contribution is 2.46. The number of thioether (sulfide) groups is 1. The summed E-state index contributed by atoms with van der Waals surface area (Å²) >= 11 is 1.78. The number of amides is 2. The van der Waals surface area contributed by atoms with Crippen molar-refractivity contribution in [3.63, 3.8) is 0 Å². The summed E-state index contributed by atoms with van der Waals surface area (Å²) in [4.78, 5) is 25.7. The van der Waals surface area contributed by atoms with Crippen molar-refractivity contribution >= 4 is 23.6 Å². The number of hydrogen-bond donors (Lipinski definition) is 1. The fourth-order valence-corrected chi connectivity index (χ4v) is 4.59. The average Bonchev–Trinajstić information content (AvgIpc) is 2.40. The third-order valence-corrected chi connectivity index (χ3v) is 5.09. The Labute approximate surface area is 106 Å². The maximum atomic E-state index is 12.3. The van der Waals surface area contributed by atoms with Crippen molar-refractivity contribution in [2.75, 3.05) is 5.75 Å². The molecule has 0 aromatic carbocycles. The summed E-state index contributed by atoms with van der Waals surface area (Å²) in [5, 5.41) is 0.125. The molecule has 96 valence electrons. The van der Waals surface area contributed by atoms with Gasteiger partial charge in [0.05, 0.1) is 5.37 Å². The van der Waals surface area contributed by atoms with E-state index in [4.69, 9.17) is 5.73 Å². The first-order chi connectivity index (χ1) is 7.84. The van der Waals surface area contributed by atoms with E-state index >= 15 is 0 Å². The molecular weight excluding hydrogens is 236 g/mol. The van der Waals surface area contributed by atoms with E-state index in [1.807, 2.05) is 20.8 Å². The van der Waals surface area contributed by atoms with Crippen molar-refractivity contribution in [2.45, 2.75) is 45.0 Å². The number of fused-ring (bicyclic) bond motifs is 1. The second-order valence-electron chi connectivity index (χ2n) is 5.76. The lowest BCUT2D eigenvalue weighted by molar-refractivity contribution is -0.142. The first kappa shape index (κ1) is 12.7. The molecule has 2 aliphatic rings. The lowest BCUT2D eigenvalue weighted by Crippen LogP contribution is -2.51. The second kappa shape index (κ2) is 4.19. The molecule has 0 saturated carbocycles. The molecule has 2 rings (SSSR count). The maximum absolute atomic E-state index is 12.3. The quantitative estimate of drug-likeness (QED) is 0.766. The summed E-state index contributed by atoms with van der Waals surface area (Å²) < 4.78 is 0. The lowest BCUT2D eigenvalue weighted by Gasteiger charge is -2.31. The zero-order valence-electron chi connectivity index (χ0n) is 10.6. The maximum Gasteiger partial charge on any atom is 0.240 e. The Morgan fingerprint density at radius 2 is 2.18 bits per heavy atom. The normalized spacial score (nSPS) is 36.5. The summed E-state index contributed by atoms with van der Waals surface area (Å²) in [6, 6.07) is -0.451. The number of carbonyl (C=O) groups is 2. The van der Waals surface area contributed by atoms with Crippen LogP contribution in [0.4, 0.5) is 0 Å². The largest absolute Gasteiger partial charge is 0.368 e. The van der Waals surface area contributed by atoms with Gasteiger partial charge in [0.25, 0.3) is 0 Å². The van der Waals surface area contributed by atoms with Crippen LogP contribution in [0.25, 0.3) is 0 Å². The van der Waals surface area contributed by atoms with Crippen molar-refractivity contribution in [1.29, 1.82) is 0 Å². The van der Waals surface area contributed by atoms with Crippen LogP contribution >= 0.6 is 11.8 Å². The van der Waals surface area contributed by atoms with Gasteiger partial charge in [-0.1, -0.05) is 20.8 Å². The van der Waals surface area contributed by atoms with Crippen LogP contribution < -0.4 is 5.73 Å². The van der Waals surface area contributed by atoms with Crippen LogP contribution in [0.2, 0.25) is 0 Å². The van der Waals surface area contributed by atoms with Crippen molar-refractivity contribution in [3.8, 4) is 0 Å². The van der Waals surface area contributed by atoms with Gasteiger partial charge in [-0.15, -0.1) is 11.8 Å². The lowest BCUT2D eigenvalue weighted by atomic mass is 9.84. The highest BCUT2D eigenvalue weighted by molar-refractivity contribution is 7.99. The molecule has 2 fully saturated rings. The topological polar surface area (TPSA) is 63.4 Å². The molecule has 0 radical (unpaired) electrons. The minimum absolute atomic E-state index is 0.00301. The van der Waals surface area contributed by atoms with E-state index in [1.54, 1.807) is 16.7 Å². The van der Waals surface area contributed by atoms with Crippen molar-refractivity contribution in [3.05, 3.63) is 0 Å². The van der Waals surface area contributed by atoms with Gasteiger partial charge in [-0.3, -0.25) is 9.59 Å². The van der Waals surface area contributed by atoms with Gasteiger partial charge in [0.2, 0.25) is 11.8 Å². The standard InChI is InChI=1S/C12H20N2O2S/c1-7-4-5-17-8-6-12(2,3)9(10(13)15)14(8)11(7)16/h7-9H,4-6H2,1-3H3,(H2,13,15)/t7-,8?,9+/m0/s1. The van der Waals surface area contributed by atoms with E-state index in [1.165, 1.54) is 0 Å². The Kier molecular flexibility index (Phi) is 3.14. The summed E-state index contributed by atoms with van der Waals surface area (Å²) in [5.74, 6) is 0.702. The summed E-state index contributed by atoms with van der Waals surface area (Å²) in [6.07, 6.45) is 1.74. The first-order valence-corrected chi connectivity index (χ1v) is 7.12. The van der Waals surface area contributed by atoms with Crippen LogP contribution in [0, 0.1) is 11.3 Å². The molecule has 0 aromatic heterocycles. The molecule has 1 unspecified atom stereocenters. The minimum Gasteiger partial charge on any atom is -0.368 e.